The van der Waals surface area contributed by atoms with Crippen molar-refractivity contribution >= 4 is 23.9 Å². The molecule has 0 unspecified atom stereocenters. The maximum absolute atomic E-state index is 13.5. The maximum Gasteiger partial charge on any atom is 0.374 e. The van der Waals surface area contributed by atoms with Crippen LogP contribution >= 0.6 is 0 Å². The van der Waals surface area contributed by atoms with Crippen LogP contribution in [0.1, 0.15) is 75.3 Å². The van der Waals surface area contributed by atoms with Gasteiger partial charge in [0.25, 0.3) is 0 Å². The first-order chi connectivity index (χ1) is 19.3. The molecule has 2 bridgehead atoms. The second kappa shape index (κ2) is 10.3. The van der Waals surface area contributed by atoms with Crippen LogP contribution in [0.5, 0.6) is 0 Å². The van der Waals surface area contributed by atoms with E-state index in [-0.39, 0.29) is 24.5 Å². The second-order valence-electron chi connectivity index (χ2n) is 12.0. The van der Waals surface area contributed by atoms with Crippen LogP contribution in [-0.2, 0) is 33.3 Å². The number of rotatable bonds is 6. The molecule has 220 valence electrons. The average molecular weight is 569 g/mol. The zero-order chi connectivity index (χ0) is 29.7. The van der Waals surface area contributed by atoms with Crippen LogP contribution in [0.15, 0.2) is 53.1 Å². The highest BCUT2D eigenvalue weighted by atomic mass is 16.6. The lowest BCUT2D eigenvalue weighted by molar-refractivity contribution is -0.302. The van der Waals surface area contributed by atoms with Crippen LogP contribution in [0, 0.1) is 17.3 Å². The molecule has 1 spiro atoms. The van der Waals surface area contributed by atoms with E-state index in [9.17, 15) is 19.2 Å². The molecule has 5 rings (SSSR count). The smallest absolute Gasteiger partial charge is 0.374 e. The van der Waals surface area contributed by atoms with Crippen LogP contribution in [0.25, 0.3) is 0 Å². The molecule has 3 fully saturated rings. The topological polar surface area (TPSA) is 128 Å². The lowest BCUT2D eigenvalue weighted by Gasteiger charge is -2.62. The number of fused-ring (bicyclic) bond motifs is 1. The minimum absolute atomic E-state index is 0.0377. The van der Waals surface area contributed by atoms with Gasteiger partial charge in [-0.05, 0) is 63.8 Å². The van der Waals surface area contributed by atoms with Gasteiger partial charge in [0.2, 0.25) is 5.76 Å². The Bertz CT molecular complexity index is 1320. The summed E-state index contributed by atoms with van der Waals surface area (Å²) in [5, 5.41) is 0. The van der Waals surface area contributed by atoms with Crippen molar-refractivity contribution in [3.63, 3.8) is 0 Å². The molecule has 10 heteroatoms. The van der Waals surface area contributed by atoms with Gasteiger partial charge in [0.05, 0.1) is 22.8 Å². The van der Waals surface area contributed by atoms with Crippen LogP contribution in [-0.4, -0.2) is 59.5 Å². The van der Waals surface area contributed by atoms with E-state index < -0.39 is 70.8 Å². The van der Waals surface area contributed by atoms with E-state index in [2.05, 4.69) is 0 Å². The summed E-state index contributed by atoms with van der Waals surface area (Å²) in [6.07, 6.45) is -1.73. The Labute approximate surface area is 238 Å². The predicted octanol–water partition coefficient (Wildman–Crippen LogP) is 4.51. The van der Waals surface area contributed by atoms with Crippen LogP contribution in [0.2, 0.25) is 0 Å². The Morgan fingerprint density at radius 2 is 1.49 bits per heavy atom. The molecule has 1 aromatic carbocycles. The SMILES string of the molecule is CC(=O)O[C@H]1C[C@@H](C)[C@]23OC(C)(C)[C@H](C[C@H](OC(=O)c4ccccc4)[C@]2(C)[C@H]1OC(C)=O)[C@H]3OC(=O)c1ccco1. The van der Waals surface area contributed by atoms with Crippen molar-refractivity contribution in [2.75, 3.05) is 0 Å². The molecule has 2 heterocycles. The molecule has 2 aromatic rings. The van der Waals surface area contributed by atoms with E-state index in [0.29, 0.717) is 5.56 Å². The quantitative estimate of drug-likeness (QED) is 0.363. The summed E-state index contributed by atoms with van der Waals surface area (Å²) in [4.78, 5) is 51.5. The van der Waals surface area contributed by atoms with Crippen molar-refractivity contribution in [1.82, 2.24) is 0 Å². The molecule has 0 radical (unpaired) electrons. The lowest BCUT2D eigenvalue weighted by Crippen LogP contribution is -2.76. The van der Waals surface area contributed by atoms with E-state index in [1.54, 1.807) is 43.3 Å². The van der Waals surface area contributed by atoms with Gasteiger partial charge in [0, 0.05) is 19.8 Å². The number of ether oxygens (including phenoxy) is 5. The summed E-state index contributed by atoms with van der Waals surface area (Å²) < 4.78 is 36.4. The number of esters is 4. The average Bonchev–Trinajstić information content (AvgIpc) is 3.50. The number of furan rings is 1. The van der Waals surface area contributed by atoms with Crippen LogP contribution in [0.4, 0.5) is 0 Å². The van der Waals surface area contributed by atoms with Gasteiger partial charge in [0.1, 0.15) is 23.9 Å². The minimum Gasteiger partial charge on any atom is -0.459 e. The Morgan fingerprint density at radius 1 is 0.805 bits per heavy atom. The number of benzene rings is 1. The van der Waals surface area contributed by atoms with E-state index in [0.717, 1.165) is 0 Å². The van der Waals surface area contributed by atoms with Crippen molar-refractivity contribution in [2.24, 2.45) is 17.3 Å². The molecule has 1 aromatic heterocycles. The van der Waals surface area contributed by atoms with Crippen LogP contribution in [0.3, 0.4) is 0 Å². The fourth-order valence-corrected chi connectivity index (χ4v) is 7.51. The molecule has 2 saturated carbocycles. The Hall–Kier alpha value is -3.66. The summed E-state index contributed by atoms with van der Waals surface area (Å²) in [5.74, 6) is -3.11. The molecule has 41 heavy (non-hydrogen) atoms. The van der Waals surface area contributed by atoms with Crippen LogP contribution < -0.4 is 0 Å². The van der Waals surface area contributed by atoms with Gasteiger partial charge >= 0.3 is 23.9 Å². The van der Waals surface area contributed by atoms with Gasteiger partial charge in [-0.15, -0.1) is 0 Å². The highest BCUT2D eigenvalue weighted by Gasteiger charge is 2.80. The van der Waals surface area contributed by atoms with Crippen molar-refractivity contribution in [3.05, 3.63) is 60.1 Å². The lowest BCUT2D eigenvalue weighted by atomic mass is 9.48. The third kappa shape index (κ3) is 4.62. The van der Waals surface area contributed by atoms with Crippen molar-refractivity contribution in [2.45, 2.75) is 90.0 Å². The molecule has 0 amide bonds. The summed E-state index contributed by atoms with van der Waals surface area (Å²) in [5.41, 5.74) is -3.07. The maximum atomic E-state index is 13.5. The Morgan fingerprint density at radius 3 is 2.10 bits per heavy atom. The summed E-state index contributed by atoms with van der Waals surface area (Å²) in [7, 11) is 0. The number of carbonyl (C=O) groups excluding carboxylic acids is 4. The number of hydrogen-bond acceptors (Lipinski definition) is 10. The van der Waals surface area contributed by atoms with E-state index in [1.807, 2.05) is 20.8 Å². The molecular weight excluding hydrogens is 532 g/mol. The zero-order valence-electron chi connectivity index (χ0n) is 24.1. The van der Waals surface area contributed by atoms with Crippen molar-refractivity contribution < 1.29 is 47.3 Å². The summed E-state index contributed by atoms with van der Waals surface area (Å²) in [6.45, 7) is 10.1. The fraction of sp³-hybridized carbons (Fsp3) is 0.548. The highest BCUT2D eigenvalue weighted by Crippen LogP contribution is 2.68. The largest absolute Gasteiger partial charge is 0.459 e. The molecule has 10 nitrogen and oxygen atoms in total. The zero-order valence-corrected chi connectivity index (χ0v) is 24.1. The standard InChI is InChI=1S/C31H36O10/c1-17-15-23(37-18(2)32)26(38-19(3)33)30(6)24(39-27(34)20-11-8-7-9-12-20)16-21-25(31(17,30)41-29(21,4)5)40-28(35)22-13-10-14-36-22/h7-14,17,21,23-26H,15-16H2,1-6H3/t17-,21-,23+,24+,25-,26+,30-,31-/m1/s1. The molecular formula is C31H36O10. The molecule has 0 N–H and O–H groups in total. The van der Waals surface area contributed by atoms with Gasteiger partial charge in [0.15, 0.2) is 6.10 Å². The second-order valence-corrected chi connectivity index (χ2v) is 12.0. The van der Waals surface area contributed by atoms with Crippen molar-refractivity contribution in [3.8, 4) is 0 Å². The van der Waals surface area contributed by atoms with Gasteiger partial charge < -0.3 is 28.1 Å². The Kier molecular flexibility index (Phi) is 7.26. The molecule has 1 aliphatic heterocycles. The number of hydrogen-bond donors (Lipinski definition) is 0. The molecule has 2 aliphatic carbocycles. The van der Waals surface area contributed by atoms with Crippen molar-refractivity contribution in [1.29, 1.82) is 0 Å². The molecule has 1 saturated heterocycles. The predicted molar refractivity (Wildman–Crippen MR) is 143 cm³/mol. The highest BCUT2D eigenvalue weighted by molar-refractivity contribution is 5.89. The van der Waals surface area contributed by atoms with E-state index in [4.69, 9.17) is 28.1 Å². The summed E-state index contributed by atoms with van der Waals surface area (Å²) in [6, 6.07) is 11.7. The van der Waals surface area contributed by atoms with E-state index in [1.165, 1.54) is 26.2 Å². The fourth-order valence-electron chi connectivity index (χ4n) is 7.51. The molecule has 8 atom stereocenters. The molecule has 3 aliphatic rings. The minimum atomic E-state index is -1.31. The van der Waals surface area contributed by atoms with Gasteiger partial charge in [-0.25, -0.2) is 9.59 Å². The van der Waals surface area contributed by atoms with E-state index >= 15 is 0 Å². The Balaban J connectivity index is 1.66. The van der Waals surface area contributed by atoms with Gasteiger partial charge in [-0.3, -0.25) is 9.59 Å². The first kappa shape index (κ1) is 28.9. The first-order valence-corrected chi connectivity index (χ1v) is 13.9. The van der Waals surface area contributed by atoms with Gasteiger partial charge in [-0.2, -0.15) is 0 Å². The third-order valence-electron chi connectivity index (χ3n) is 9.16. The number of carbonyl (C=O) groups is 4. The summed E-state index contributed by atoms with van der Waals surface area (Å²) >= 11 is 0. The monoisotopic (exact) mass is 568 g/mol. The first-order valence-electron chi connectivity index (χ1n) is 13.9. The third-order valence-corrected chi connectivity index (χ3v) is 9.16. The van der Waals surface area contributed by atoms with Gasteiger partial charge in [-0.1, -0.05) is 25.1 Å². The normalized spacial score (nSPS) is 35.1.